The average molecular weight is 409 g/mol. The van der Waals surface area contributed by atoms with Crippen molar-refractivity contribution in [2.75, 3.05) is 50.1 Å². The first kappa shape index (κ1) is 20.8. The lowest BCUT2D eigenvalue weighted by molar-refractivity contribution is -0.274. The lowest BCUT2D eigenvalue weighted by Crippen LogP contribution is -2.48. The Balaban J connectivity index is 1.47. The van der Waals surface area contributed by atoms with E-state index in [4.69, 9.17) is 4.74 Å². The van der Waals surface area contributed by atoms with Crippen molar-refractivity contribution in [1.82, 2.24) is 4.90 Å². The first-order valence-electron chi connectivity index (χ1n) is 9.10. The molecule has 1 saturated heterocycles. The second-order valence-corrected chi connectivity index (χ2v) is 6.56. The van der Waals surface area contributed by atoms with Crippen LogP contribution in [0.3, 0.4) is 0 Å². The number of halogens is 3. The molecule has 29 heavy (non-hydrogen) atoms. The zero-order chi connectivity index (χ0) is 20.9. The molecule has 0 aromatic heterocycles. The Hall–Kier alpha value is -2.94. The molecule has 0 spiro atoms. The van der Waals surface area contributed by atoms with Crippen LogP contribution in [0.15, 0.2) is 48.5 Å². The van der Waals surface area contributed by atoms with Crippen LogP contribution in [0.1, 0.15) is 0 Å². The number of nitrogens with zero attached hydrogens (tertiary/aromatic N) is 2. The minimum absolute atomic E-state index is 0.209. The summed E-state index contributed by atoms with van der Waals surface area (Å²) in [6.07, 6.45) is -4.74. The predicted molar refractivity (Wildman–Crippen MR) is 103 cm³/mol. The van der Waals surface area contributed by atoms with Crippen molar-refractivity contribution < 1.29 is 27.4 Å². The second-order valence-electron chi connectivity index (χ2n) is 6.56. The fourth-order valence-electron chi connectivity index (χ4n) is 3.18. The van der Waals surface area contributed by atoms with Gasteiger partial charge in [-0.15, -0.1) is 13.2 Å². The summed E-state index contributed by atoms with van der Waals surface area (Å²) in [5.74, 6) is 0.264. The van der Waals surface area contributed by atoms with E-state index in [1.807, 2.05) is 29.2 Å². The lowest BCUT2D eigenvalue weighted by Gasteiger charge is -2.36. The van der Waals surface area contributed by atoms with Gasteiger partial charge >= 0.3 is 6.36 Å². The first-order chi connectivity index (χ1) is 13.8. The van der Waals surface area contributed by atoms with Crippen molar-refractivity contribution in [3.63, 3.8) is 0 Å². The molecule has 1 N–H and O–H groups in total. The van der Waals surface area contributed by atoms with Crippen molar-refractivity contribution in [3.05, 3.63) is 48.5 Å². The van der Waals surface area contributed by atoms with Gasteiger partial charge in [-0.3, -0.25) is 9.69 Å². The lowest BCUT2D eigenvalue weighted by atomic mass is 10.2. The Morgan fingerprint density at radius 2 is 1.69 bits per heavy atom. The van der Waals surface area contributed by atoms with Crippen molar-refractivity contribution in [2.24, 2.45) is 0 Å². The van der Waals surface area contributed by atoms with Gasteiger partial charge in [0, 0.05) is 31.9 Å². The highest BCUT2D eigenvalue weighted by atomic mass is 19.4. The number of carbonyl (C=O) groups excluding carboxylic acids is 1. The van der Waals surface area contributed by atoms with Crippen LogP contribution in [0.4, 0.5) is 24.5 Å². The SMILES string of the molecule is COc1ccccc1N1CCN(CC(=O)Nc2ccc(OC(F)(F)F)cc2)CC1. The largest absolute Gasteiger partial charge is 0.573 e. The number of nitrogens with one attached hydrogen (secondary N) is 1. The standard InChI is InChI=1S/C20H22F3N3O3/c1-28-18-5-3-2-4-17(18)26-12-10-25(11-13-26)14-19(27)24-15-6-8-16(9-7-15)29-20(21,22)23/h2-9H,10-14H2,1H3,(H,24,27). The minimum Gasteiger partial charge on any atom is -0.495 e. The molecule has 0 bridgehead atoms. The Kier molecular flexibility index (Phi) is 6.48. The number of ether oxygens (including phenoxy) is 2. The smallest absolute Gasteiger partial charge is 0.495 e. The maximum Gasteiger partial charge on any atom is 0.573 e. The topological polar surface area (TPSA) is 54.0 Å². The number of methoxy groups -OCH3 is 1. The molecule has 1 heterocycles. The molecule has 1 amide bonds. The molecule has 2 aromatic rings. The monoisotopic (exact) mass is 409 g/mol. The number of para-hydroxylation sites is 2. The normalized spacial score (nSPS) is 15.1. The summed E-state index contributed by atoms with van der Waals surface area (Å²) < 4.78 is 45.8. The molecular weight excluding hydrogens is 387 g/mol. The maximum atomic E-state index is 12.2. The quantitative estimate of drug-likeness (QED) is 0.793. The van der Waals surface area contributed by atoms with Crippen LogP contribution in [0.25, 0.3) is 0 Å². The third-order valence-electron chi connectivity index (χ3n) is 4.54. The van der Waals surface area contributed by atoms with E-state index in [1.165, 1.54) is 12.1 Å². The molecule has 1 aliphatic rings. The molecule has 156 valence electrons. The van der Waals surface area contributed by atoms with Gasteiger partial charge in [-0.25, -0.2) is 0 Å². The van der Waals surface area contributed by atoms with Crippen LogP contribution >= 0.6 is 0 Å². The Morgan fingerprint density at radius 1 is 1.03 bits per heavy atom. The molecule has 2 aromatic carbocycles. The van der Waals surface area contributed by atoms with E-state index in [-0.39, 0.29) is 18.2 Å². The summed E-state index contributed by atoms with van der Waals surface area (Å²) >= 11 is 0. The summed E-state index contributed by atoms with van der Waals surface area (Å²) in [7, 11) is 1.64. The van der Waals surface area contributed by atoms with Gasteiger partial charge in [0.1, 0.15) is 11.5 Å². The molecule has 9 heteroatoms. The van der Waals surface area contributed by atoms with Gasteiger partial charge in [0.15, 0.2) is 0 Å². The molecular formula is C20H22F3N3O3. The van der Waals surface area contributed by atoms with Gasteiger partial charge in [0.05, 0.1) is 19.3 Å². The number of alkyl halides is 3. The summed E-state index contributed by atoms with van der Waals surface area (Å²) in [4.78, 5) is 16.5. The fraction of sp³-hybridized carbons (Fsp3) is 0.350. The summed E-state index contributed by atoms with van der Waals surface area (Å²) in [5, 5.41) is 2.69. The third kappa shape index (κ3) is 6.02. The highest BCUT2D eigenvalue weighted by Crippen LogP contribution is 2.28. The summed E-state index contributed by atoms with van der Waals surface area (Å²) in [6, 6.07) is 12.9. The summed E-state index contributed by atoms with van der Waals surface area (Å²) in [6.45, 7) is 3.16. The van der Waals surface area contributed by atoms with Crippen LogP contribution < -0.4 is 19.7 Å². The third-order valence-corrected chi connectivity index (χ3v) is 4.54. The molecule has 1 aliphatic heterocycles. The maximum absolute atomic E-state index is 12.2. The number of piperazine rings is 1. The first-order valence-corrected chi connectivity index (χ1v) is 9.10. The zero-order valence-electron chi connectivity index (χ0n) is 15.9. The molecule has 0 atom stereocenters. The van der Waals surface area contributed by atoms with E-state index in [0.717, 1.165) is 36.7 Å². The fourth-order valence-corrected chi connectivity index (χ4v) is 3.18. The number of rotatable bonds is 6. The molecule has 0 unspecified atom stereocenters. The summed E-state index contributed by atoms with van der Waals surface area (Å²) in [5.41, 5.74) is 1.44. The van der Waals surface area contributed by atoms with Crippen molar-refractivity contribution >= 4 is 17.3 Å². The van der Waals surface area contributed by atoms with Crippen LogP contribution in [0, 0.1) is 0 Å². The Morgan fingerprint density at radius 3 is 2.31 bits per heavy atom. The van der Waals surface area contributed by atoms with Crippen LogP contribution in [-0.2, 0) is 4.79 Å². The van der Waals surface area contributed by atoms with Crippen LogP contribution in [0.5, 0.6) is 11.5 Å². The molecule has 0 aliphatic carbocycles. The number of carbonyl (C=O) groups is 1. The van der Waals surface area contributed by atoms with Gasteiger partial charge in [-0.2, -0.15) is 0 Å². The van der Waals surface area contributed by atoms with Crippen molar-refractivity contribution in [1.29, 1.82) is 0 Å². The van der Waals surface area contributed by atoms with E-state index >= 15 is 0 Å². The van der Waals surface area contributed by atoms with Crippen molar-refractivity contribution in [3.8, 4) is 11.5 Å². The van der Waals surface area contributed by atoms with Crippen molar-refractivity contribution in [2.45, 2.75) is 6.36 Å². The van der Waals surface area contributed by atoms with E-state index in [1.54, 1.807) is 7.11 Å². The minimum atomic E-state index is -4.74. The van der Waals surface area contributed by atoms with E-state index in [2.05, 4.69) is 15.0 Å². The van der Waals surface area contributed by atoms with Gasteiger partial charge in [0.2, 0.25) is 5.91 Å². The molecule has 0 saturated carbocycles. The highest BCUT2D eigenvalue weighted by molar-refractivity contribution is 5.92. The molecule has 0 radical (unpaired) electrons. The average Bonchev–Trinajstić information content (AvgIpc) is 2.69. The van der Waals surface area contributed by atoms with Gasteiger partial charge in [-0.1, -0.05) is 12.1 Å². The number of benzene rings is 2. The number of hydrogen-bond donors (Lipinski definition) is 1. The van der Waals surface area contributed by atoms with Crippen LogP contribution in [-0.4, -0.2) is 57.0 Å². The highest BCUT2D eigenvalue weighted by Gasteiger charge is 2.31. The molecule has 1 fully saturated rings. The number of amides is 1. The van der Waals surface area contributed by atoms with Gasteiger partial charge in [0.25, 0.3) is 0 Å². The second kappa shape index (κ2) is 9.04. The number of hydrogen-bond acceptors (Lipinski definition) is 5. The number of anilines is 2. The zero-order valence-corrected chi connectivity index (χ0v) is 15.9. The molecule has 3 rings (SSSR count). The Bertz CT molecular complexity index is 820. The van der Waals surface area contributed by atoms with Gasteiger partial charge in [-0.05, 0) is 36.4 Å². The molecule has 6 nitrogen and oxygen atoms in total. The van der Waals surface area contributed by atoms with E-state index < -0.39 is 6.36 Å². The van der Waals surface area contributed by atoms with Crippen LogP contribution in [0.2, 0.25) is 0 Å². The van der Waals surface area contributed by atoms with E-state index in [9.17, 15) is 18.0 Å². The predicted octanol–water partition coefficient (Wildman–Crippen LogP) is 3.35. The van der Waals surface area contributed by atoms with Gasteiger partial charge < -0.3 is 19.7 Å². The van der Waals surface area contributed by atoms with E-state index in [0.29, 0.717) is 18.8 Å². The Labute approximate surface area is 166 Å².